The van der Waals surface area contributed by atoms with Gasteiger partial charge in [-0.2, -0.15) is 0 Å². The lowest BCUT2D eigenvalue weighted by Gasteiger charge is -2.18. The smallest absolute Gasteiger partial charge is 0.305 e. The Morgan fingerprint density at radius 3 is 2.27 bits per heavy atom. The van der Waals surface area contributed by atoms with Gasteiger partial charge in [0.2, 0.25) is 5.91 Å². The summed E-state index contributed by atoms with van der Waals surface area (Å²) in [6.45, 7) is 1.96. The van der Waals surface area contributed by atoms with Gasteiger partial charge < -0.3 is 10.4 Å². The minimum Gasteiger partial charge on any atom is -0.481 e. The molecule has 2 rings (SSSR count). The van der Waals surface area contributed by atoms with Gasteiger partial charge in [0, 0.05) is 0 Å². The molecular weight excluding hydrogens is 278 g/mol. The predicted molar refractivity (Wildman–Crippen MR) is 84.5 cm³/mol. The molecule has 2 N–H and O–H groups in total. The summed E-state index contributed by atoms with van der Waals surface area (Å²) in [7, 11) is 0. The lowest BCUT2D eigenvalue weighted by molar-refractivity contribution is -0.137. The number of amides is 1. The number of carboxylic acids is 1. The van der Waals surface area contributed by atoms with E-state index in [1.165, 1.54) is 0 Å². The first-order valence-electron chi connectivity index (χ1n) is 7.16. The molecular formula is C18H19NO3. The van der Waals surface area contributed by atoms with Crippen LogP contribution >= 0.6 is 0 Å². The lowest BCUT2D eigenvalue weighted by atomic mass is 10.0. The van der Waals surface area contributed by atoms with Crippen LogP contribution < -0.4 is 5.32 Å². The maximum Gasteiger partial charge on any atom is 0.305 e. The number of carbonyl (C=O) groups is 2. The van der Waals surface area contributed by atoms with Crippen LogP contribution in [0.25, 0.3) is 0 Å². The van der Waals surface area contributed by atoms with Gasteiger partial charge in [0.25, 0.3) is 0 Å². The van der Waals surface area contributed by atoms with E-state index in [2.05, 4.69) is 5.32 Å². The van der Waals surface area contributed by atoms with Crippen molar-refractivity contribution in [3.8, 4) is 0 Å². The number of rotatable bonds is 6. The van der Waals surface area contributed by atoms with Crippen LogP contribution in [0.15, 0.2) is 54.6 Å². The monoisotopic (exact) mass is 297 g/mol. The SMILES string of the molecule is Cc1ccc([C@H](CC(=O)O)NC(=O)Cc2ccccc2)cc1. The molecule has 0 heterocycles. The summed E-state index contributed by atoms with van der Waals surface area (Å²) in [6.07, 6.45) is 0.104. The standard InChI is InChI=1S/C18H19NO3/c1-13-7-9-15(10-8-13)16(12-18(21)22)19-17(20)11-14-5-3-2-4-6-14/h2-10,16H,11-12H2,1H3,(H,19,20)(H,21,22)/t16-/m0/s1. The van der Waals surface area contributed by atoms with Gasteiger partial charge in [0.15, 0.2) is 0 Å². The van der Waals surface area contributed by atoms with Gasteiger partial charge in [-0.15, -0.1) is 0 Å². The molecule has 4 heteroatoms. The molecule has 0 aliphatic carbocycles. The third-order valence-corrected chi connectivity index (χ3v) is 3.40. The van der Waals surface area contributed by atoms with Crippen molar-refractivity contribution in [2.75, 3.05) is 0 Å². The molecule has 0 aliphatic heterocycles. The van der Waals surface area contributed by atoms with E-state index in [0.29, 0.717) is 0 Å². The molecule has 0 saturated heterocycles. The number of hydrogen-bond donors (Lipinski definition) is 2. The van der Waals surface area contributed by atoms with Crippen molar-refractivity contribution in [3.05, 3.63) is 71.3 Å². The first-order valence-corrected chi connectivity index (χ1v) is 7.16. The first kappa shape index (κ1) is 15.8. The summed E-state index contributed by atoms with van der Waals surface area (Å²) in [5.41, 5.74) is 2.79. The molecule has 1 atom stereocenters. The van der Waals surface area contributed by atoms with E-state index in [1.54, 1.807) is 0 Å². The van der Waals surface area contributed by atoms with Crippen LogP contribution in [-0.2, 0) is 16.0 Å². The zero-order chi connectivity index (χ0) is 15.9. The molecule has 0 spiro atoms. The molecule has 0 aromatic heterocycles. The van der Waals surface area contributed by atoms with E-state index in [1.807, 2.05) is 61.5 Å². The van der Waals surface area contributed by atoms with Crippen molar-refractivity contribution in [1.29, 1.82) is 0 Å². The minimum absolute atomic E-state index is 0.135. The Balaban J connectivity index is 2.07. The summed E-state index contributed by atoms with van der Waals surface area (Å²) < 4.78 is 0. The van der Waals surface area contributed by atoms with Crippen molar-refractivity contribution in [2.45, 2.75) is 25.8 Å². The summed E-state index contributed by atoms with van der Waals surface area (Å²) >= 11 is 0. The second-order valence-corrected chi connectivity index (χ2v) is 5.29. The number of nitrogens with one attached hydrogen (secondary N) is 1. The summed E-state index contributed by atoms with van der Waals surface area (Å²) in [6, 6.07) is 16.4. The molecule has 2 aromatic carbocycles. The molecule has 4 nitrogen and oxygen atoms in total. The van der Waals surface area contributed by atoms with Crippen molar-refractivity contribution in [2.24, 2.45) is 0 Å². The lowest BCUT2D eigenvalue weighted by Crippen LogP contribution is -2.31. The Morgan fingerprint density at radius 1 is 1.05 bits per heavy atom. The van der Waals surface area contributed by atoms with Crippen LogP contribution in [0.1, 0.15) is 29.2 Å². The third kappa shape index (κ3) is 4.74. The quantitative estimate of drug-likeness (QED) is 0.861. The fourth-order valence-corrected chi connectivity index (χ4v) is 2.25. The van der Waals surface area contributed by atoms with E-state index in [-0.39, 0.29) is 18.7 Å². The molecule has 114 valence electrons. The third-order valence-electron chi connectivity index (χ3n) is 3.40. The molecule has 0 fully saturated rings. The fourth-order valence-electron chi connectivity index (χ4n) is 2.25. The highest BCUT2D eigenvalue weighted by molar-refractivity contribution is 5.80. The van der Waals surface area contributed by atoms with Crippen molar-refractivity contribution in [3.63, 3.8) is 0 Å². The van der Waals surface area contributed by atoms with Crippen LogP contribution in [0.4, 0.5) is 0 Å². The molecule has 0 saturated carbocycles. The van der Waals surface area contributed by atoms with E-state index in [0.717, 1.165) is 16.7 Å². The van der Waals surface area contributed by atoms with Gasteiger partial charge in [-0.25, -0.2) is 0 Å². The highest BCUT2D eigenvalue weighted by atomic mass is 16.4. The average Bonchev–Trinajstić information content (AvgIpc) is 2.48. The molecule has 22 heavy (non-hydrogen) atoms. The van der Waals surface area contributed by atoms with E-state index in [4.69, 9.17) is 5.11 Å². The van der Waals surface area contributed by atoms with Crippen LogP contribution in [-0.4, -0.2) is 17.0 Å². The van der Waals surface area contributed by atoms with Crippen molar-refractivity contribution < 1.29 is 14.7 Å². The fraction of sp³-hybridized carbons (Fsp3) is 0.222. The first-order chi connectivity index (χ1) is 10.5. The largest absolute Gasteiger partial charge is 0.481 e. The van der Waals surface area contributed by atoms with E-state index in [9.17, 15) is 9.59 Å². The molecule has 0 radical (unpaired) electrons. The number of carboxylic acid groups (broad SMARTS) is 1. The Bertz CT molecular complexity index is 635. The van der Waals surface area contributed by atoms with Gasteiger partial charge in [-0.3, -0.25) is 9.59 Å². The van der Waals surface area contributed by atoms with Gasteiger partial charge in [-0.1, -0.05) is 60.2 Å². The zero-order valence-electron chi connectivity index (χ0n) is 12.5. The van der Waals surface area contributed by atoms with Crippen LogP contribution in [0.2, 0.25) is 0 Å². The normalized spacial score (nSPS) is 11.7. The second kappa shape index (κ2) is 7.41. The highest BCUT2D eigenvalue weighted by Crippen LogP contribution is 2.18. The minimum atomic E-state index is -0.939. The summed E-state index contributed by atoms with van der Waals surface area (Å²) in [5, 5.41) is 11.9. The second-order valence-electron chi connectivity index (χ2n) is 5.29. The van der Waals surface area contributed by atoms with Crippen LogP contribution in [0, 0.1) is 6.92 Å². The number of carbonyl (C=O) groups excluding carboxylic acids is 1. The maximum atomic E-state index is 12.1. The van der Waals surface area contributed by atoms with Crippen LogP contribution in [0.5, 0.6) is 0 Å². The molecule has 1 amide bonds. The predicted octanol–water partition coefficient (Wildman–Crippen LogP) is 2.87. The van der Waals surface area contributed by atoms with E-state index >= 15 is 0 Å². The molecule has 0 bridgehead atoms. The van der Waals surface area contributed by atoms with Gasteiger partial charge in [0.05, 0.1) is 18.9 Å². The van der Waals surface area contributed by atoms with Crippen molar-refractivity contribution >= 4 is 11.9 Å². The highest BCUT2D eigenvalue weighted by Gasteiger charge is 2.18. The van der Waals surface area contributed by atoms with Gasteiger partial charge >= 0.3 is 5.97 Å². The number of aryl methyl sites for hydroxylation is 1. The van der Waals surface area contributed by atoms with Gasteiger partial charge in [0.1, 0.15) is 0 Å². The summed E-state index contributed by atoms with van der Waals surface area (Å²) in [4.78, 5) is 23.2. The van der Waals surface area contributed by atoms with Crippen LogP contribution in [0.3, 0.4) is 0 Å². The Hall–Kier alpha value is -2.62. The summed E-state index contributed by atoms with van der Waals surface area (Å²) in [5.74, 6) is -1.12. The Kier molecular flexibility index (Phi) is 5.31. The zero-order valence-corrected chi connectivity index (χ0v) is 12.5. The maximum absolute atomic E-state index is 12.1. The van der Waals surface area contributed by atoms with E-state index < -0.39 is 12.0 Å². The van der Waals surface area contributed by atoms with Crippen molar-refractivity contribution in [1.82, 2.24) is 5.32 Å². The average molecular weight is 297 g/mol. The molecule has 0 aliphatic rings. The Morgan fingerprint density at radius 2 is 1.68 bits per heavy atom. The Labute approximate surface area is 129 Å². The number of hydrogen-bond acceptors (Lipinski definition) is 2. The molecule has 2 aromatic rings. The topological polar surface area (TPSA) is 66.4 Å². The molecule has 0 unspecified atom stereocenters. The number of aliphatic carboxylic acids is 1. The van der Waals surface area contributed by atoms with Gasteiger partial charge in [-0.05, 0) is 18.1 Å². The number of benzene rings is 2.